The minimum Gasteiger partial charge on any atom is -0.477 e. The first-order chi connectivity index (χ1) is 19.5. The van der Waals surface area contributed by atoms with Gasteiger partial charge in [-0.05, 0) is 31.0 Å². The lowest BCUT2D eigenvalue weighted by molar-refractivity contribution is -0.384. The number of rotatable bonds is 9. The predicted molar refractivity (Wildman–Crippen MR) is 144 cm³/mol. The summed E-state index contributed by atoms with van der Waals surface area (Å²) >= 11 is 1.30. The molecule has 0 bridgehead atoms. The molecule has 2 amide bonds. The number of hydrogen-bond donors (Lipinski definition) is 3. The molecule has 2 aromatic rings. The third-order valence-corrected chi connectivity index (χ3v) is 9.35. The summed E-state index contributed by atoms with van der Waals surface area (Å²) in [4.78, 5) is 66.5. The number of carbonyl (C=O) groups is 3. The molecule has 1 aromatic carbocycles. The number of H-pyrrole nitrogens is 1. The maximum Gasteiger partial charge on any atom is 0.410 e. The number of nitro groups is 1. The molecule has 0 saturated carbocycles. The number of aromatic nitrogens is 2. The molecule has 14 nitrogen and oxygen atoms in total. The Morgan fingerprint density at radius 1 is 1.27 bits per heavy atom. The van der Waals surface area contributed by atoms with Gasteiger partial charge in [-0.1, -0.05) is 6.92 Å². The summed E-state index contributed by atoms with van der Waals surface area (Å²) in [5.41, 5.74) is 0.0453. The van der Waals surface area contributed by atoms with Crippen LogP contribution in [0, 0.1) is 22.0 Å². The molecule has 41 heavy (non-hydrogen) atoms. The monoisotopic (exact) mass is 587 g/mol. The summed E-state index contributed by atoms with van der Waals surface area (Å²) in [7, 11) is 0. The zero-order valence-corrected chi connectivity index (χ0v) is 23.0. The summed E-state index contributed by atoms with van der Waals surface area (Å²) in [6, 6.07) is 4.74. The van der Waals surface area contributed by atoms with E-state index in [9.17, 15) is 39.5 Å². The molecule has 0 spiro atoms. The van der Waals surface area contributed by atoms with Crippen LogP contribution in [0.3, 0.4) is 0 Å². The number of nitro benzene ring substituents is 1. The Hall–Kier alpha value is -4.11. The molecule has 2 fully saturated rings. The molecule has 218 valence electrons. The second-order valence-electron chi connectivity index (χ2n) is 10.4. The standard InChI is InChI=1S/C26H29N5O9S/c1-13-20-19(14(2)32)23(33)30(20)21(24(34)35)22(13)41-18-9-17(10-28-8-7-27-25(28)36)29(11-18)26(37)40-12-15-3-5-16(6-4-15)31(38)39/h3-8,13-14,17-20,32H,9-12H2,1-2H3,(H,27,36)(H,34,35)/t13-,14-,17+,18+,19-,20-/m1/s1. The van der Waals surface area contributed by atoms with Crippen LogP contribution in [0.4, 0.5) is 10.5 Å². The fourth-order valence-electron chi connectivity index (χ4n) is 5.88. The van der Waals surface area contributed by atoms with Gasteiger partial charge in [-0.3, -0.25) is 19.5 Å². The summed E-state index contributed by atoms with van der Waals surface area (Å²) in [5.74, 6) is -2.65. The van der Waals surface area contributed by atoms with Crippen LogP contribution in [0.5, 0.6) is 0 Å². The molecule has 1 aromatic heterocycles. The Kier molecular flexibility index (Phi) is 7.66. The van der Waals surface area contributed by atoms with E-state index in [1.165, 1.54) is 63.5 Å². The van der Waals surface area contributed by atoms with E-state index in [1.807, 2.05) is 6.92 Å². The molecule has 0 unspecified atom stereocenters. The van der Waals surface area contributed by atoms with Crippen LogP contribution in [0.15, 0.2) is 52.1 Å². The van der Waals surface area contributed by atoms with Gasteiger partial charge in [-0.25, -0.2) is 14.4 Å². The number of amides is 2. The van der Waals surface area contributed by atoms with Crippen molar-refractivity contribution < 1.29 is 34.3 Å². The Morgan fingerprint density at radius 3 is 2.56 bits per heavy atom. The van der Waals surface area contributed by atoms with Gasteiger partial charge in [0.1, 0.15) is 12.3 Å². The third-order valence-electron chi connectivity index (χ3n) is 7.85. The number of aliphatic carboxylic acids is 1. The first-order valence-corrected chi connectivity index (χ1v) is 13.9. The van der Waals surface area contributed by atoms with Gasteiger partial charge in [0.05, 0.1) is 29.0 Å². The van der Waals surface area contributed by atoms with Crippen molar-refractivity contribution in [1.29, 1.82) is 0 Å². The molecular formula is C26H29N5O9S. The normalized spacial score (nSPS) is 26.1. The van der Waals surface area contributed by atoms with E-state index in [0.717, 1.165) is 0 Å². The number of aromatic amines is 1. The van der Waals surface area contributed by atoms with E-state index in [4.69, 9.17) is 4.74 Å². The van der Waals surface area contributed by atoms with Crippen LogP contribution in [0.1, 0.15) is 25.8 Å². The first kappa shape index (κ1) is 28.4. The number of aliphatic hydroxyl groups excluding tert-OH is 1. The highest BCUT2D eigenvalue weighted by molar-refractivity contribution is 8.03. The van der Waals surface area contributed by atoms with E-state index in [2.05, 4.69) is 4.98 Å². The second-order valence-corrected chi connectivity index (χ2v) is 11.8. The average Bonchev–Trinajstić information content (AvgIpc) is 3.58. The van der Waals surface area contributed by atoms with Crippen LogP contribution in [0.2, 0.25) is 0 Å². The number of likely N-dealkylation sites (tertiary alicyclic amines) is 1. The number of aliphatic hydroxyl groups is 1. The molecule has 0 aliphatic carbocycles. The molecular weight excluding hydrogens is 558 g/mol. The van der Waals surface area contributed by atoms with E-state index >= 15 is 0 Å². The Bertz CT molecular complexity index is 1470. The molecule has 6 atom stereocenters. The van der Waals surface area contributed by atoms with Gasteiger partial charge < -0.3 is 29.7 Å². The molecule has 4 heterocycles. The SMILES string of the molecule is C[C@@H](O)[C@H]1C(=O)N2C(C(=O)O)=C(S[C@H]3C[C@@H](Cn4cc[nH]c4=O)N(C(=O)OCc4ccc([N+](=O)[O-])cc4)C3)[C@H](C)[C@H]12. The van der Waals surface area contributed by atoms with Crippen LogP contribution < -0.4 is 5.69 Å². The number of ether oxygens (including phenoxy) is 1. The van der Waals surface area contributed by atoms with Gasteiger partial charge in [-0.15, -0.1) is 11.8 Å². The molecule has 0 radical (unpaired) electrons. The number of nitrogens with one attached hydrogen (secondary N) is 1. The fraction of sp³-hybridized carbons (Fsp3) is 0.462. The van der Waals surface area contributed by atoms with Gasteiger partial charge in [-0.2, -0.15) is 0 Å². The smallest absolute Gasteiger partial charge is 0.410 e. The Balaban J connectivity index is 1.34. The van der Waals surface area contributed by atoms with Gasteiger partial charge in [0, 0.05) is 53.7 Å². The molecule has 2 saturated heterocycles. The molecule has 3 aliphatic heterocycles. The van der Waals surface area contributed by atoms with Crippen LogP contribution >= 0.6 is 11.8 Å². The molecule has 5 rings (SSSR count). The predicted octanol–water partition coefficient (Wildman–Crippen LogP) is 1.75. The minimum absolute atomic E-state index is 0.0844. The van der Waals surface area contributed by atoms with Crippen LogP contribution in [0.25, 0.3) is 0 Å². The van der Waals surface area contributed by atoms with Crippen molar-refractivity contribution in [2.24, 2.45) is 11.8 Å². The number of carboxylic acids is 1. The van der Waals surface area contributed by atoms with Crippen molar-refractivity contribution in [3.8, 4) is 0 Å². The van der Waals surface area contributed by atoms with Crippen molar-refractivity contribution in [3.05, 3.63) is 73.4 Å². The lowest BCUT2D eigenvalue weighted by Crippen LogP contribution is -2.63. The quantitative estimate of drug-likeness (QED) is 0.221. The number of benzene rings is 1. The van der Waals surface area contributed by atoms with Gasteiger partial charge in [0.2, 0.25) is 5.91 Å². The van der Waals surface area contributed by atoms with Gasteiger partial charge in [0.15, 0.2) is 0 Å². The van der Waals surface area contributed by atoms with Crippen LogP contribution in [-0.4, -0.2) is 82.4 Å². The Labute approximate surface area is 237 Å². The van der Waals surface area contributed by atoms with Crippen LogP contribution in [-0.2, 0) is 27.5 Å². The summed E-state index contributed by atoms with van der Waals surface area (Å²) in [5, 5.41) is 30.7. The summed E-state index contributed by atoms with van der Waals surface area (Å²) in [6.45, 7) is 3.62. The van der Waals surface area contributed by atoms with Crippen molar-refractivity contribution in [3.63, 3.8) is 0 Å². The number of fused-ring (bicyclic) bond motifs is 1. The maximum absolute atomic E-state index is 13.2. The second kappa shape index (κ2) is 11.0. The molecule has 3 aliphatic rings. The van der Waals surface area contributed by atoms with Crippen molar-refractivity contribution in [2.45, 2.75) is 56.9 Å². The number of carboxylic acid groups (broad SMARTS) is 1. The van der Waals surface area contributed by atoms with Gasteiger partial charge >= 0.3 is 17.8 Å². The number of imidazole rings is 1. The fourth-order valence-corrected chi connectivity index (χ4v) is 7.44. The van der Waals surface area contributed by atoms with E-state index in [-0.39, 0.29) is 47.9 Å². The van der Waals surface area contributed by atoms with Crippen molar-refractivity contribution >= 4 is 35.4 Å². The van der Waals surface area contributed by atoms with Gasteiger partial charge in [0.25, 0.3) is 5.69 Å². The van der Waals surface area contributed by atoms with E-state index < -0.39 is 47.0 Å². The highest BCUT2D eigenvalue weighted by Crippen LogP contribution is 2.52. The average molecular weight is 588 g/mol. The number of thioether (sulfide) groups is 1. The third kappa shape index (κ3) is 5.22. The number of β-lactam (4-membered cyclic amide) rings is 1. The number of nitrogens with zero attached hydrogens (tertiary/aromatic N) is 4. The summed E-state index contributed by atoms with van der Waals surface area (Å²) in [6.07, 6.45) is 1.93. The molecule has 3 N–H and O–H groups in total. The number of hydrogen-bond acceptors (Lipinski definition) is 9. The highest BCUT2D eigenvalue weighted by atomic mass is 32.2. The highest BCUT2D eigenvalue weighted by Gasteiger charge is 2.60. The topological polar surface area (TPSA) is 188 Å². The zero-order chi connectivity index (χ0) is 29.6. The number of carbonyl (C=O) groups excluding carboxylic acids is 2. The van der Waals surface area contributed by atoms with E-state index in [0.29, 0.717) is 16.9 Å². The lowest BCUT2D eigenvalue weighted by atomic mass is 9.79. The van der Waals surface area contributed by atoms with Crippen molar-refractivity contribution in [1.82, 2.24) is 19.4 Å². The zero-order valence-electron chi connectivity index (χ0n) is 22.2. The lowest BCUT2D eigenvalue weighted by Gasteiger charge is -2.46. The summed E-state index contributed by atoms with van der Waals surface area (Å²) < 4.78 is 6.95. The van der Waals surface area contributed by atoms with Crippen molar-refractivity contribution in [2.75, 3.05) is 6.54 Å². The molecule has 15 heteroatoms. The Morgan fingerprint density at radius 2 is 1.98 bits per heavy atom. The van der Waals surface area contributed by atoms with E-state index in [1.54, 1.807) is 6.20 Å². The largest absolute Gasteiger partial charge is 0.477 e. The first-order valence-electron chi connectivity index (χ1n) is 13.0. The maximum atomic E-state index is 13.2. The minimum atomic E-state index is -1.23. The number of non-ortho nitro benzene ring substituents is 1.